The summed E-state index contributed by atoms with van der Waals surface area (Å²) in [5.74, 6) is -0.358. The molecule has 0 unspecified atom stereocenters. The van der Waals surface area contributed by atoms with Gasteiger partial charge in [-0.3, -0.25) is 9.48 Å². The van der Waals surface area contributed by atoms with Gasteiger partial charge < -0.3 is 15.4 Å². The van der Waals surface area contributed by atoms with Gasteiger partial charge >= 0.3 is 5.82 Å². The zero-order valence-electron chi connectivity index (χ0n) is 12.7. The summed E-state index contributed by atoms with van der Waals surface area (Å²) in [6, 6.07) is 1.31. The Hall–Kier alpha value is -2.71. The average molecular weight is 306 g/mol. The average Bonchev–Trinajstić information content (AvgIpc) is 3.02. The monoisotopic (exact) mass is 306 g/mol. The first-order valence-electron chi connectivity index (χ1n) is 6.82. The second kappa shape index (κ2) is 6.37. The van der Waals surface area contributed by atoms with Crippen molar-refractivity contribution in [2.75, 3.05) is 0 Å². The molecule has 22 heavy (non-hydrogen) atoms. The summed E-state index contributed by atoms with van der Waals surface area (Å²) in [7, 11) is 1.86. The molecule has 0 atom stereocenters. The van der Waals surface area contributed by atoms with Crippen molar-refractivity contribution < 1.29 is 9.72 Å². The van der Waals surface area contributed by atoms with Gasteiger partial charge in [0, 0.05) is 31.3 Å². The van der Waals surface area contributed by atoms with Gasteiger partial charge in [0.15, 0.2) is 0 Å². The quantitative estimate of drug-likeness (QED) is 0.628. The number of nitrogens with zero attached hydrogens (tertiary/aromatic N) is 5. The Bertz CT molecular complexity index is 703. The van der Waals surface area contributed by atoms with Crippen LogP contribution in [0.1, 0.15) is 23.4 Å². The lowest BCUT2D eigenvalue weighted by Gasteiger charge is -2.05. The Kier molecular flexibility index (Phi) is 4.54. The molecule has 118 valence electrons. The van der Waals surface area contributed by atoms with Crippen molar-refractivity contribution in [3.05, 3.63) is 39.3 Å². The minimum Gasteiger partial charge on any atom is -0.358 e. The summed E-state index contributed by atoms with van der Waals surface area (Å²) in [6.07, 6.45) is 1.69. The van der Waals surface area contributed by atoms with Gasteiger partial charge in [0.2, 0.25) is 5.91 Å². The highest BCUT2D eigenvalue weighted by Crippen LogP contribution is 2.11. The van der Waals surface area contributed by atoms with Crippen molar-refractivity contribution in [1.29, 1.82) is 0 Å². The first-order valence-corrected chi connectivity index (χ1v) is 6.82. The van der Waals surface area contributed by atoms with E-state index < -0.39 is 4.92 Å². The van der Waals surface area contributed by atoms with E-state index in [0.29, 0.717) is 13.1 Å². The molecule has 0 spiro atoms. The molecule has 1 amide bonds. The minimum absolute atomic E-state index is 0.138. The van der Waals surface area contributed by atoms with Crippen molar-refractivity contribution in [3.8, 4) is 0 Å². The van der Waals surface area contributed by atoms with Crippen LogP contribution in [0.25, 0.3) is 0 Å². The van der Waals surface area contributed by atoms with Gasteiger partial charge in [-0.05, 0) is 18.8 Å². The lowest BCUT2D eigenvalue weighted by molar-refractivity contribution is -0.389. The van der Waals surface area contributed by atoms with E-state index >= 15 is 0 Å². The van der Waals surface area contributed by atoms with Crippen LogP contribution in [0.4, 0.5) is 5.82 Å². The second-order valence-electron chi connectivity index (χ2n) is 4.99. The van der Waals surface area contributed by atoms with E-state index in [0.717, 1.165) is 17.0 Å². The fourth-order valence-electron chi connectivity index (χ4n) is 2.14. The van der Waals surface area contributed by atoms with E-state index in [1.165, 1.54) is 16.9 Å². The maximum atomic E-state index is 11.8. The topological polar surface area (TPSA) is 108 Å². The van der Waals surface area contributed by atoms with Crippen molar-refractivity contribution in [2.45, 2.75) is 33.4 Å². The highest BCUT2D eigenvalue weighted by molar-refractivity contribution is 5.75. The van der Waals surface area contributed by atoms with Gasteiger partial charge in [-0.1, -0.05) is 0 Å². The maximum absolute atomic E-state index is 11.8. The van der Waals surface area contributed by atoms with E-state index in [-0.39, 0.29) is 18.1 Å². The van der Waals surface area contributed by atoms with Crippen molar-refractivity contribution in [1.82, 2.24) is 24.9 Å². The molecule has 2 aromatic rings. The van der Waals surface area contributed by atoms with Crippen LogP contribution in [0, 0.1) is 24.0 Å². The standard InChI is InChI=1S/C13H18N6O3/c1-9-11(10(2)17(3)15-9)8-14-13(20)5-7-18-6-4-12(16-18)19(21)22/h4,6H,5,7-8H2,1-3H3,(H,14,20). The molecule has 9 heteroatoms. The number of carbonyl (C=O) groups excluding carboxylic acids is 1. The fourth-order valence-corrected chi connectivity index (χ4v) is 2.14. The van der Waals surface area contributed by atoms with Crippen LogP contribution in [-0.2, 0) is 24.9 Å². The van der Waals surface area contributed by atoms with Gasteiger partial charge in [0.1, 0.15) is 0 Å². The van der Waals surface area contributed by atoms with Crippen LogP contribution in [0.15, 0.2) is 12.3 Å². The number of hydrogen-bond acceptors (Lipinski definition) is 5. The number of aromatic nitrogens is 4. The molecule has 2 heterocycles. The smallest absolute Gasteiger partial charge is 0.358 e. The highest BCUT2D eigenvalue weighted by Gasteiger charge is 2.13. The van der Waals surface area contributed by atoms with Crippen LogP contribution in [0.5, 0.6) is 0 Å². The number of aryl methyl sites for hydroxylation is 3. The summed E-state index contributed by atoms with van der Waals surface area (Å²) in [4.78, 5) is 21.8. The van der Waals surface area contributed by atoms with E-state index in [2.05, 4.69) is 15.5 Å². The van der Waals surface area contributed by atoms with Gasteiger partial charge in [0.05, 0.1) is 29.6 Å². The second-order valence-corrected chi connectivity index (χ2v) is 4.99. The molecule has 0 fully saturated rings. The normalized spacial score (nSPS) is 10.7. The van der Waals surface area contributed by atoms with Crippen molar-refractivity contribution >= 4 is 11.7 Å². The Morgan fingerprint density at radius 3 is 2.68 bits per heavy atom. The van der Waals surface area contributed by atoms with Gasteiger partial charge in [0.25, 0.3) is 0 Å². The molecule has 0 aromatic carbocycles. The van der Waals surface area contributed by atoms with Gasteiger partial charge in [-0.2, -0.15) is 9.78 Å². The summed E-state index contributed by atoms with van der Waals surface area (Å²) >= 11 is 0. The lowest BCUT2D eigenvalue weighted by Crippen LogP contribution is -2.24. The van der Waals surface area contributed by atoms with Crippen LogP contribution >= 0.6 is 0 Å². The summed E-state index contributed by atoms with van der Waals surface area (Å²) in [6.45, 7) is 4.57. The lowest BCUT2D eigenvalue weighted by atomic mass is 10.2. The van der Waals surface area contributed by atoms with Crippen molar-refractivity contribution in [2.24, 2.45) is 7.05 Å². The molecule has 0 aliphatic rings. The molecule has 2 rings (SSSR count). The van der Waals surface area contributed by atoms with E-state index in [4.69, 9.17) is 0 Å². The molecule has 1 N–H and O–H groups in total. The molecule has 0 bridgehead atoms. The summed E-state index contributed by atoms with van der Waals surface area (Å²) in [5.41, 5.74) is 2.91. The largest absolute Gasteiger partial charge is 0.389 e. The first-order chi connectivity index (χ1) is 10.4. The van der Waals surface area contributed by atoms with Gasteiger partial charge in [-0.25, -0.2) is 0 Å². The van der Waals surface area contributed by atoms with Crippen LogP contribution < -0.4 is 5.32 Å². The molecule has 2 aromatic heterocycles. The van der Waals surface area contributed by atoms with Crippen LogP contribution in [-0.4, -0.2) is 30.4 Å². The van der Waals surface area contributed by atoms with Crippen LogP contribution in [0.3, 0.4) is 0 Å². The number of amides is 1. The van der Waals surface area contributed by atoms with Gasteiger partial charge in [-0.15, -0.1) is 0 Å². The molecule has 0 saturated carbocycles. The molecule has 0 saturated heterocycles. The summed E-state index contributed by atoms with van der Waals surface area (Å²) < 4.78 is 3.16. The Morgan fingerprint density at radius 2 is 2.14 bits per heavy atom. The minimum atomic E-state index is -0.565. The third-order valence-corrected chi connectivity index (χ3v) is 3.50. The third-order valence-electron chi connectivity index (χ3n) is 3.50. The Labute approximate surface area is 127 Å². The Balaban J connectivity index is 1.84. The zero-order valence-corrected chi connectivity index (χ0v) is 12.7. The number of nitrogens with one attached hydrogen (secondary N) is 1. The molecular weight excluding hydrogens is 288 g/mol. The number of hydrogen-bond donors (Lipinski definition) is 1. The number of nitro groups is 1. The van der Waals surface area contributed by atoms with E-state index in [1.54, 1.807) is 4.68 Å². The van der Waals surface area contributed by atoms with Crippen LogP contribution in [0.2, 0.25) is 0 Å². The number of carbonyl (C=O) groups is 1. The summed E-state index contributed by atoms with van der Waals surface area (Å²) in [5, 5.41) is 21.4. The van der Waals surface area contributed by atoms with Crippen molar-refractivity contribution in [3.63, 3.8) is 0 Å². The SMILES string of the molecule is Cc1nn(C)c(C)c1CNC(=O)CCn1ccc([N+](=O)[O-])n1. The zero-order chi connectivity index (χ0) is 16.3. The first kappa shape index (κ1) is 15.7. The molecule has 0 radical (unpaired) electrons. The van der Waals surface area contributed by atoms with E-state index in [9.17, 15) is 14.9 Å². The number of rotatable bonds is 6. The molecular formula is C13H18N6O3. The maximum Gasteiger partial charge on any atom is 0.389 e. The predicted molar refractivity (Wildman–Crippen MR) is 78.0 cm³/mol. The fraction of sp³-hybridized carbons (Fsp3) is 0.462. The predicted octanol–water partition coefficient (Wildman–Crippen LogP) is 0.848. The molecule has 9 nitrogen and oxygen atoms in total. The Morgan fingerprint density at radius 1 is 1.41 bits per heavy atom. The molecule has 0 aliphatic heterocycles. The highest BCUT2D eigenvalue weighted by atomic mass is 16.6. The van der Waals surface area contributed by atoms with E-state index in [1.807, 2.05) is 20.9 Å². The molecule has 0 aliphatic carbocycles. The third kappa shape index (κ3) is 3.48.